The summed E-state index contributed by atoms with van der Waals surface area (Å²) < 4.78 is 6.48. The molecule has 11 rings (SSSR count). The van der Waals surface area contributed by atoms with Crippen LogP contribution in [0.1, 0.15) is 0 Å². The molecule has 0 saturated carbocycles. The van der Waals surface area contributed by atoms with Gasteiger partial charge in [0.1, 0.15) is 11.2 Å². The van der Waals surface area contributed by atoms with Crippen LogP contribution in [0.25, 0.3) is 112 Å². The van der Waals surface area contributed by atoms with Crippen LogP contribution in [0, 0.1) is 0 Å². The predicted octanol–water partition coefficient (Wildman–Crippen LogP) is 14.5. The zero-order valence-electron chi connectivity index (χ0n) is 33.0. The van der Waals surface area contributed by atoms with Crippen molar-refractivity contribution in [3.8, 4) is 90.1 Å². The normalized spacial score (nSPS) is 11.3. The Bertz CT molecular complexity index is 3210. The molecule has 0 aliphatic heterocycles. The molecule has 3 aromatic heterocycles. The molecule has 0 aliphatic carbocycles. The first-order chi connectivity index (χ1) is 30.2. The smallest absolute Gasteiger partial charge is 0.160 e. The first kappa shape index (κ1) is 35.8. The maximum atomic E-state index is 6.48. The van der Waals surface area contributed by atoms with E-state index in [0.29, 0.717) is 11.6 Å². The fourth-order valence-electron chi connectivity index (χ4n) is 8.15. The Labute approximate surface area is 353 Å². The van der Waals surface area contributed by atoms with E-state index >= 15 is 0 Å². The highest BCUT2D eigenvalue weighted by Crippen LogP contribution is 2.44. The van der Waals surface area contributed by atoms with E-state index < -0.39 is 0 Å². The van der Waals surface area contributed by atoms with E-state index in [0.717, 1.165) is 100 Å². The maximum absolute atomic E-state index is 6.48. The summed E-state index contributed by atoms with van der Waals surface area (Å²) in [7, 11) is 0. The van der Waals surface area contributed by atoms with E-state index in [1.165, 1.54) is 0 Å². The van der Waals surface area contributed by atoms with Crippen LogP contribution in [0.15, 0.2) is 223 Å². The number of rotatable bonds is 8. The van der Waals surface area contributed by atoms with Crippen LogP contribution in [0.4, 0.5) is 0 Å². The molecular weight excluding hydrogens is 745 g/mol. The molecule has 0 fully saturated rings. The molecule has 0 radical (unpaired) electrons. The lowest BCUT2D eigenvalue weighted by Gasteiger charge is -2.15. The molecule has 0 saturated heterocycles. The van der Waals surface area contributed by atoms with E-state index in [2.05, 4.69) is 133 Å². The number of benzene rings is 8. The van der Waals surface area contributed by atoms with Gasteiger partial charge in [0.15, 0.2) is 11.6 Å². The van der Waals surface area contributed by atoms with E-state index in [-0.39, 0.29) is 0 Å². The Kier molecular flexibility index (Phi) is 9.10. The highest BCUT2D eigenvalue weighted by atomic mass is 16.3. The number of fused-ring (bicyclic) bond motifs is 3. The van der Waals surface area contributed by atoms with Gasteiger partial charge in [0.05, 0.1) is 22.8 Å². The Morgan fingerprint density at radius 2 is 0.705 bits per heavy atom. The summed E-state index contributed by atoms with van der Waals surface area (Å²) in [6.07, 6.45) is 0. The van der Waals surface area contributed by atoms with Crippen LogP contribution in [0.3, 0.4) is 0 Å². The molecule has 0 aliphatic rings. The maximum Gasteiger partial charge on any atom is 0.160 e. The van der Waals surface area contributed by atoms with Crippen molar-refractivity contribution >= 4 is 21.9 Å². The van der Waals surface area contributed by atoms with Crippen LogP contribution in [0.2, 0.25) is 0 Å². The van der Waals surface area contributed by atoms with Crippen LogP contribution in [-0.2, 0) is 0 Å². The van der Waals surface area contributed by atoms with E-state index in [4.69, 9.17) is 24.4 Å². The van der Waals surface area contributed by atoms with Gasteiger partial charge in [-0.05, 0) is 47.0 Å². The lowest BCUT2D eigenvalue weighted by Crippen LogP contribution is -1.96. The van der Waals surface area contributed by atoms with Gasteiger partial charge in [-0.15, -0.1) is 0 Å². The van der Waals surface area contributed by atoms with Crippen molar-refractivity contribution in [2.24, 2.45) is 0 Å². The van der Waals surface area contributed by atoms with Gasteiger partial charge in [-0.3, -0.25) is 0 Å². The van der Waals surface area contributed by atoms with Gasteiger partial charge in [0.25, 0.3) is 0 Å². The van der Waals surface area contributed by atoms with Crippen molar-refractivity contribution < 1.29 is 4.42 Å². The summed E-state index contributed by atoms with van der Waals surface area (Å²) in [4.78, 5) is 20.3. The van der Waals surface area contributed by atoms with Crippen molar-refractivity contribution in [1.29, 1.82) is 0 Å². The zero-order chi connectivity index (χ0) is 40.5. The van der Waals surface area contributed by atoms with Crippen LogP contribution < -0.4 is 0 Å². The molecule has 5 nitrogen and oxygen atoms in total. The van der Waals surface area contributed by atoms with E-state index in [1.807, 2.05) is 84.9 Å². The fraction of sp³-hybridized carbons (Fsp3) is 0. The SMILES string of the molecule is c1ccc(-c2cc(-c3ccc(-c4c(-c5cccc(-c6cc(-c7ccccc7)nc(-c7ccccc7)n6)c5)ccc5oc6ccccc6c45)cc3)nc(-c3ccccc3)n2)cc1. The molecule has 0 spiro atoms. The summed E-state index contributed by atoms with van der Waals surface area (Å²) in [5.74, 6) is 1.37. The fourth-order valence-corrected chi connectivity index (χ4v) is 8.15. The average Bonchev–Trinajstić information content (AvgIpc) is 3.73. The Morgan fingerprint density at radius 1 is 0.279 bits per heavy atom. The van der Waals surface area contributed by atoms with Crippen LogP contribution in [0.5, 0.6) is 0 Å². The van der Waals surface area contributed by atoms with Gasteiger partial charge < -0.3 is 4.42 Å². The molecular formula is C56H36N4O. The summed E-state index contributed by atoms with van der Waals surface area (Å²) in [6.45, 7) is 0. The summed E-state index contributed by atoms with van der Waals surface area (Å²) in [6, 6.07) is 75.0. The van der Waals surface area contributed by atoms with Crippen molar-refractivity contribution in [1.82, 2.24) is 19.9 Å². The topological polar surface area (TPSA) is 64.7 Å². The predicted molar refractivity (Wildman–Crippen MR) is 248 cm³/mol. The molecule has 61 heavy (non-hydrogen) atoms. The van der Waals surface area contributed by atoms with Crippen LogP contribution >= 0.6 is 0 Å². The molecule has 0 N–H and O–H groups in total. The number of hydrogen-bond donors (Lipinski definition) is 0. The number of aromatic nitrogens is 4. The summed E-state index contributed by atoms with van der Waals surface area (Å²) >= 11 is 0. The third-order valence-electron chi connectivity index (χ3n) is 11.1. The molecule has 0 bridgehead atoms. The minimum Gasteiger partial charge on any atom is -0.456 e. The van der Waals surface area contributed by atoms with Crippen LogP contribution in [-0.4, -0.2) is 19.9 Å². The van der Waals surface area contributed by atoms with Gasteiger partial charge in [-0.25, -0.2) is 19.9 Å². The highest BCUT2D eigenvalue weighted by molar-refractivity contribution is 6.16. The number of para-hydroxylation sites is 1. The van der Waals surface area contributed by atoms with E-state index in [9.17, 15) is 0 Å². The second-order valence-corrected chi connectivity index (χ2v) is 15.0. The molecule has 0 unspecified atom stereocenters. The van der Waals surface area contributed by atoms with Gasteiger partial charge >= 0.3 is 0 Å². The Hall–Kier alpha value is -8.28. The molecule has 11 aromatic rings. The third-order valence-corrected chi connectivity index (χ3v) is 11.1. The summed E-state index contributed by atoms with van der Waals surface area (Å²) in [5, 5.41) is 2.15. The first-order valence-corrected chi connectivity index (χ1v) is 20.4. The lowest BCUT2D eigenvalue weighted by molar-refractivity contribution is 0.669. The number of hydrogen-bond acceptors (Lipinski definition) is 5. The minimum absolute atomic E-state index is 0.685. The monoisotopic (exact) mass is 780 g/mol. The molecule has 0 amide bonds. The van der Waals surface area contributed by atoms with E-state index in [1.54, 1.807) is 0 Å². The minimum atomic E-state index is 0.685. The van der Waals surface area contributed by atoms with Crippen molar-refractivity contribution in [3.63, 3.8) is 0 Å². The van der Waals surface area contributed by atoms with Gasteiger partial charge in [0.2, 0.25) is 0 Å². The summed E-state index contributed by atoms with van der Waals surface area (Å²) in [5.41, 5.74) is 15.5. The number of furan rings is 1. The lowest BCUT2D eigenvalue weighted by atomic mass is 9.89. The molecule has 286 valence electrons. The molecule has 0 atom stereocenters. The second kappa shape index (κ2) is 15.5. The first-order valence-electron chi connectivity index (χ1n) is 20.4. The Morgan fingerprint density at radius 3 is 1.26 bits per heavy atom. The average molecular weight is 781 g/mol. The van der Waals surface area contributed by atoms with Crippen molar-refractivity contribution in [2.75, 3.05) is 0 Å². The Balaban J connectivity index is 1.06. The van der Waals surface area contributed by atoms with Gasteiger partial charge in [0, 0.05) is 49.7 Å². The van der Waals surface area contributed by atoms with Crippen molar-refractivity contribution in [2.45, 2.75) is 0 Å². The quantitative estimate of drug-likeness (QED) is 0.154. The zero-order valence-corrected chi connectivity index (χ0v) is 33.0. The third kappa shape index (κ3) is 6.94. The largest absolute Gasteiger partial charge is 0.456 e. The molecule has 3 heterocycles. The molecule has 8 aromatic carbocycles. The highest BCUT2D eigenvalue weighted by Gasteiger charge is 2.20. The standard InChI is InChI=1S/C56H36N4O/c1-5-16-37(17-6-1)47-35-49(59-55(57-47)41-20-9-3-10-21-41)39-28-30-40(31-29-39)53-45(32-33-52-54(53)46-26-13-14-27-51(46)61-52)43-24-15-25-44(34-43)50-36-48(38-18-7-2-8-19-38)58-56(60-50)42-22-11-4-12-23-42/h1-36H. The number of nitrogens with zero attached hydrogens (tertiary/aromatic N) is 4. The molecule has 5 heteroatoms. The van der Waals surface area contributed by atoms with Gasteiger partial charge in [-0.2, -0.15) is 0 Å². The second-order valence-electron chi connectivity index (χ2n) is 15.0. The van der Waals surface area contributed by atoms with Gasteiger partial charge in [-0.1, -0.05) is 188 Å². The van der Waals surface area contributed by atoms with Crippen molar-refractivity contribution in [3.05, 3.63) is 218 Å².